The number of nitrogens with zero attached hydrogens (tertiary/aromatic N) is 2. The van der Waals surface area contributed by atoms with Crippen molar-refractivity contribution < 1.29 is 0 Å². The summed E-state index contributed by atoms with van der Waals surface area (Å²) in [5, 5.41) is 4.43. The SMILES string of the molecule is CCC(C)Sc1cc(NC)nc(N)n1. The van der Waals surface area contributed by atoms with Crippen molar-refractivity contribution in [2.45, 2.75) is 30.5 Å². The molecule has 0 amide bonds. The molecule has 4 nitrogen and oxygen atoms in total. The van der Waals surface area contributed by atoms with Gasteiger partial charge < -0.3 is 11.1 Å². The fraction of sp³-hybridized carbons (Fsp3) is 0.556. The summed E-state index contributed by atoms with van der Waals surface area (Å²) in [6.45, 7) is 4.32. The maximum absolute atomic E-state index is 5.58. The molecule has 3 N–H and O–H groups in total. The highest BCUT2D eigenvalue weighted by Gasteiger charge is 2.05. The van der Waals surface area contributed by atoms with Crippen molar-refractivity contribution in [1.82, 2.24) is 9.97 Å². The van der Waals surface area contributed by atoms with Gasteiger partial charge in [-0.3, -0.25) is 0 Å². The van der Waals surface area contributed by atoms with Gasteiger partial charge in [0.2, 0.25) is 5.95 Å². The van der Waals surface area contributed by atoms with Crippen LogP contribution in [-0.2, 0) is 0 Å². The van der Waals surface area contributed by atoms with E-state index in [0.29, 0.717) is 11.2 Å². The first kappa shape index (κ1) is 11.1. The number of hydrogen-bond donors (Lipinski definition) is 2. The fourth-order valence-electron chi connectivity index (χ4n) is 0.921. The predicted molar refractivity (Wildman–Crippen MR) is 61.6 cm³/mol. The van der Waals surface area contributed by atoms with Crippen molar-refractivity contribution in [1.29, 1.82) is 0 Å². The van der Waals surface area contributed by atoms with Gasteiger partial charge in [0.05, 0.1) is 0 Å². The summed E-state index contributed by atoms with van der Waals surface area (Å²) in [5.41, 5.74) is 5.58. The number of nitrogens with two attached hydrogens (primary N) is 1. The monoisotopic (exact) mass is 212 g/mol. The summed E-state index contributed by atoms with van der Waals surface area (Å²) in [6, 6.07) is 1.91. The van der Waals surface area contributed by atoms with Gasteiger partial charge in [-0.15, -0.1) is 11.8 Å². The Morgan fingerprint density at radius 3 is 2.86 bits per heavy atom. The normalized spacial score (nSPS) is 12.5. The Bertz CT molecular complexity index is 303. The molecule has 0 saturated carbocycles. The summed E-state index contributed by atoms with van der Waals surface area (Å²) in [5.74, 6) is 1.09. The van der Waals surface area contributed by atoms with Crippen LogP contribution in [-0.4, -0.2) is 22.3 Å². The van der Waals surface area contributed by atoms with Gasteiger partial charge in [-0.25, -0.2) is 4.98 Å². The molecule has 0 aliphatic heterocycles. The lowest BCUT2D eigenvalue weighted by molar-refractivity contribution is 0.900. The molecule has 14 heavy (non-hydrogen) atoms. The standard InChI is InChI=1S/C9H16N4S/c1-4-6(2)14-8-5-7(11-3)12-9(10)13-8/h5-6H,4H2,1-3H3,(H3,10,11,12,13). The highest BCUT2D eigenvalue weighted by Crippen LogP contribution is 2.25. The van der Waals surface area contributed by atoms with E-state index >= 15 is 0 Å². The second-order valence-corrected chi connectivity index (χ2v) is 4.50. The largest absolute Gasteiger partial charge is 0.373 e. The molecule has 1 unspecified atom stereocenters. The first-order chi connectivity index (χ1) is 6.65. The molecule has 1 aromatic heterocycles. The maximum atomic E-state index is 5.58. The number of nitrogen functional groups attached to an aromatic ring is 1. The van der Waals surface area contributed by atoms with Crippen molar-refractivity contribution in [3.8, 4) is 0 Å². The third-order valence-corrected chi connectivity index (χ3v) is 3.06. The molecular formula is C9H16N4S. The van der Waals surface area contributed by atoms with Gasteiger partial charge in [-0.2, -0.15) is 4.98 Å². The van der Waals surface area contributed by atoms with Crippen LogP contribution in [0.1, 0.15) is 20.3 Å². The predicted octanol–water partition coefficient (Wildman–Crippen LogP) is 1.99. The molecule has 78 valence electrons. The lowest BCUT2D eigenvalue weighted by atomic mass is 10.4. The molecule has 0 fully saturated rings. The van der Waals surface area contributed by atoms with Crippen molar-refractivity contribution in [2.75, 3.05) is 18.1 Å². The number of anilines is 2. The Morgan fingerprint density at radius 1 is 1.57 bits per heavy atom. The maximum Gasteiger partial charge on any atom is 0.223 e. The second kappa shape index (κ2) is 5.05. The minimum absolute atomic E-state index is 0.322. The zero-order chi connectivity index (χ0) is 10.6. The van der Waals surface area contributed by atoms with E-state index in [1.165, 1.54) is 0 Å². The number of aromatic nitrogens is 2. The van der Waals surface area contributed by atoms with E-state index in [4.69, 9.17) is 5.73 Å². The molecule has 0 aromatic carbocycles. The van der Waals surface area contributed by atoms with Crippen LogP contribution in [0, 0.1) is 0 Å². The van der Waals surface area contributed by atoms with E-state index in [2.05, 4.69) is 29.1 Å². The number of hydrogen-bond acceptors (Lipinski definition) is 5. The minimum Gasteiger partial charge on any atom is -0.373 e. The molecule has 0 saturated heterocycles. The van der Waals surface area contributed by atoms with E-state index in [9.17, 15) is 0 Å². The van der Waals surface area contributed by atoms with Crippen molar-refractivity contribution in [2.24, 2.45) is 0 Å². The highest BCUT2D eigenvalue weighted by atomic mass is 32.2. The van der Waals surface area contributed by atoms with Crippen molar-refractivity contribution >= 4 is 23.5 Å². The first-order valence-corrected chi connectivity index (χ1v) is 5.52. The van der Waals surface area contributed by atoms with E-state index in [-0.39, 0.29) is 0 Å². The van der Waals surface area contributed by atoms with Crippen LogP contribution in [0.3, 0.4) is 0 Å². The minimum atomic E-state index is 0.322. The number of rotatable bonds is 4. The summed E-state index contributed by atoms with van der Waals surface area (Å²) in [4.78, 5) is 8.19. The Labute approximate surface area is 88.7 Å². The van der Waals surface area contributed by atoms with E-state index in [0.717, 1.165) is 17.3 Å². The molecule has 0 aliphatic rings. The van der Waals surface area contributed by atoms with Crippen LogP contribution in [0.15, 0.2) is 11.1 Å². The Morgan fingerprint density at radius 2 is 2.29 bits per heavy atom. The number of nitrogens with one attached hydrogen (secondary N) is 1. The zero-order valence-corrected chi connectivity index (χ0v) is 9.56. The summed E-state index contributed by atoms with van der Waals surface area (Å²) >= 11 is 1.72. The molecule has 0 bridgehead atoms. The summed E-state index contributed by atoms with van der Waals surface area (Å²) < 4.78 is 0. The van der Waals surface area contributed by atoms with Gasteiger partial charge in [-0.05, 0) is 6.42 Å². The molecule has 1 atom stereocenters. The number of thioether (sulfide) groups is 1. The van der Waals surface area contributed by atoms with Crippen LogP contribution in [0.2, 0.25) is 0 Å². The average Bonchev–Trinajstić information content (AvgIpc) is 2.16. The molecule has 0 spiro atoms. The van der Waals surface area contributed by atoms with Gasteiger partial charge in [-0.1, -0.05) is 13.8 Å². The van der Waals surface area contributed by atoms with Gasteiger partial charge in [0.1, 0.15) is 10.8 Å². The van der Waals surface area contributed by atoms with Crippen LogP contribution >= 0.6 is 11.8 Å². The molecule has 1 aromatic rings. The van der Waals surface area contributed by atoms with Crippen LogP contribution in [0.4, 0.5) is 11.8 Å². The van der Waals surface area contributed by atoms with Crippen LogP contribution < -0.4 is 11.1 Å². The Balaban J connectivity index is 2.81. The first-order valence-electron chi connectivity index (χ1n) is 4.64. The fourth-order valence-corrected chi connectivity index (χ4v) is 1.83. The zero-order valence-electron chi connectivity index (χ0n) is 8.74. The summed E-state index contributed by atoms with van der Waals surface area (Å²) in [7, 11) is 1.82. The van der Waals surface area contributed by atoms with Crippen LogP contribution in [0.25, 0.3) is 0 Å². The third-order valence-electron chi connectivity index (χ3n) is 1.87. The molecule has 1 heterocycles. The second-order valence-electron chi connectivity index (χ2n) is 3.04. The Hall–Kier alpha value is -0.970. The molecule has 1 rings (SSSR count). The van der Waals surface area contributed by atoms with E-state index < -0.39 is 0 Å². The smallest absolute Gasteiger partial charge is 0.223 e. The van der Waals surface area contributed by atoms with E-state index in [1.54, 1.807) is 11.8 Å². The molecular weight excluding hydrogens is 196 g/mol. The Kier molecular flexibility index (Phi) is 4.00. The quantitative estimate of drug-likeness (QED) is 0.590. The lowest BCUT2D eigenvalue weighted by Crippen LogP contribution is -2.02. The molecule has 0 aliphatic carbocycles. The van der Waals surface area contributed by atoms with Gasteiger partial charge in [0.25, 0.3) is 0 Å². The lowest BCUT2D eigenvalue weighted by Gasteiger charge is -2.08. The van der Waals surface area contributed by atoms with Gasteiger partial charge in [0.15, 0.2) is 0 Å². The van der Waals surface area contributed by atoms with Crippen LogP contribution in [0.5, 0.6) is 0 Å². The third kappa shape index (κ3) is 3.06. The van der Waals surface area contributed by atoms with Crippen molar-refractivity contribution in [3.63, 3.8) is 0 Å². The molecule has 5 heteroatoms. The van der Waals surface area contributed by atoms with Crippen molar-refractivity contribution in [3.05, 3.63) is 6.07 Å². The van der Waals surface area contributed by atoms with Gasteiger partial charge in [0, 0.05) is 18.4 Å². The molecule has 0 radical (unpaired) electrons. The topological polar surface area (TPSA) is 63.8 Å². The van der Waals surface area contributed by atoms with Gasteiger partial charge >= 0.3 is 0 Å². The van der Waals surface area contributed by atoms with E-state index in [1.807, 2.05) is 13.1 Å². The summed E-state index contributed by atoms with van der Waals surface area (Å²) in [6.07, 6.45) is 1.11. The average molecular weight is 212 g/mol. The highest BCUT2D eigenvalue weighted by molar-refractivity contribution is 7.99.